The fourth-order valence-electron chi connectivity index (χ4n) is 3.07. The Morgan fingerprint density at radius 1 is 1.14 bits per heavy atom. The van der Waals surface area contributed by atoms with E-state index < -0.39 is 16.0 Å². The van der Waals surface area contributed by atoms with Crippen molar-refractivity contribution in [3.8, 4) is 0 Å². The van der Waals surface area contributed by atoms with Crippen molar-refractivity contribution in [3.63, 3.8) is 0 Å². The summed E-state index contributed by atoms with van der Waals surface area (Å²) in [6, 6.07) is 10.4. The number of carbonyl (C=O) groups excluding carboxylic acids is 1. The number of ether oxygens (including phenoxy) is 1. The highest BCUT2D eigenvalue weighted by Crippen LogP contribution is 2.21. The van der Waals surface area contributed by atoms with Crippen LogP contribution in [0.15, 0.2) is 45.9 Å². The molecule has 9 heteroatoms. The van der Waals surface area contributed by atoms with E-state index in [1.165, 1.54) is 16.4 Å². The number of nitrogens with zero attached hydrogens (tertiary/aromatic N) is 2. The van der Waals surface area contributed by atoms with Gasteiger partial charge in [0.1, 0.15) is 0 Å². The topological polar surface area (TPSA) is 80.1 Å². The quantitative estimate of drug-likeness (QED) is 0.633. The van der Waals surface area contributed by atoms with Crippen molar-refractivity contribution in [1.82, 2.24) is 9.21 Å². The van der Waals surface area contributed by atoms with Gasteiger partial charge in [-0.25, -0.2) is 13.2 Å². The van der Waals surface area contributed by atoms with E-state index in [1.807, 2.05) is 24.3 Å². The number of benzene rings is 1. The third-order valence-corrected chi connectivity index (χ3v) is 6.78. The van der Waals surface area contributed by atoms with Crippen molar-refractivity contribution in [3.05, 3.63) is 52.7 Å². The summed E-state index contributed by atoms with van der Waals surface area (Å²) in [6.07, 6.45) is 0.813. The van der Waals surface area contributed by atoms with Gasteiger partial charge in [-0.1, -0.05) is 29.8 Å². The second-order valence-corrected chi connectivity index (χ2v) is 8.70. The number of sulfonamides is 1. The average Bonchev–Trinajstić information content (AvgIpc) is 3.19. The molecule has 1 aromatic heterocycles. The van der Waals surface area contributed by atoms with Crippen LogP contribution < -0.4 is 0 Å². The predicted molar refractivity (Wildman–Crippen MR) is 105 cm³/mol. The van der Waals surface area contributed by atoms with E-state index in [1.54, 1.807) is 6.92 Å². The lowest BCUT2D eigenvalue weighted by Crippen LogP contribution is -2.48. The summed E-state index contributed by atoms with van der Waals surface area (Å²) in [5.74, 6) is -0.785. The molecule has 2 heterocycles. The molecule has 1 aromatic carbocycles. The Kier molecular flexibility index (Phi) is 6.77. The van der Waals surface area contributed by atoms with Crippen LogP contribution >= 0.6 is 11.6 Å². The minimum absolute atomic E-state index is 0.112. The second-order valence-electron chi connectivity index (χ2n) is 6.43. The van der Waals surface area contributed by atoms with Gasteiger partial charge in [0.25, 0.3) is 10.0 Å². The summed E-state index contributed by atoms with van der Waals surface area (Å²) >= 11 is 6.19. The summed E-state index contributed by atoms with van der Waals surface area (Å²) in [5, 5.41) is 0.513. The zero-order valence-electron chi connectivity index (χ0n) is 15.6. The first-order valence-electron chi connectivity index (χ1n) is 9.14. The van der Waals surface area contributed by atoms with E-state index in [-0.39, 0.29) is 17.5 Å². The fourth-order valence-corrected chi connectivity index (χ4v) is 4.63. The zero-order chi connectivity index (χ0) is 20.1. The van der Waals surface area contributed by atoms with Gasteiger partial charge in [0, 0.05) is 37.7 Å². The van der Waals surface area contributed by atoms with Crippen LogP contribution in [0.2, 0.25) is 5.02 Å². The molecule has 1 aliphatic rings. The molecule has 0 N–H and O–H groups in total. The van der Waals surface area contributed by atoms with Crippen molar-refractivity contribution in [1.29, 1.82) is 0 Å². The van der Waals surface area contributed by atoms with Gasteiger partial charge in [0.05, 0.1) is 6.61 Å². The first kappa shape index (κ1) is 20.9. The Morgan fingerprint density at radius 2 is 1.86 bits per heavy atom. The molecule has 152 valence electrons. The van der Waals surface area contributed by atoms with Crippen LogP contribution in [0, 0.1) is 0 Å². The Balaban J connectivity index is 1.56. The number of piperazine rings is 1. The predicted octanol–water partition coefficient (Wildman–Crippen LogP) is 2.66. The standard InChI is InChI=1S/C19H23ClN2O5S/c1-2-26-19(23)17-7-8-18(27-17)28(24,25)22-13-11-21(12-14-22)10-9-15-5-3-4-6-16(15)20/h3-8H,2,9-14H2,1H3. The molecule has 0 aliphatic carbocycles. The van der Waals surface area contributed by atoms with Crippen molar-refractivity contribution in [2.75, 3.05) is 39.3 Å². The number of hydrogen-bond acceptors (Lipinski definition) is 6. The van der Waals surface area contributed by atoms with Crippen molar-refractivity contribution in [2.45, 2.75) is 18.4 Å². The summed E-state index contributed by atoms with van der Waals surface area (Å²) in [4.78, 5) is 13.9. The molecule has 0 atom stereocenters. The molecular formula is C19H23ClN2O5S. The van der Waals surface area contributed by atoms with Gasteiger partial charge < -0.3 is 14.1 Å². The van der Waals surface area contributed by atoms with Crippen molar-refractivity contribution < 1.29 is 22.4 Å². The number of rotatable bonds is 7. The maximum Gasteiger partial charge on any atom is 0.374 e. The molecule has 3 rings (SSSR count). The van der Waals surface area contributed by atoms with Crippen LogP contribution in [0.3, 0.4) is 0 Å². The Hall–Kier alpha value is -1.87. The molecule has 0 spiro atoms. The maximum absolute atomic E-state index is 12.8. The Labute approximate surface area is 169 Å². The molecule has 0 bridgehead atoms. The highest BCUT2D eigenvalue weighted by molar-refractivity contribution is 7.89. The molecule has 0 amide bonds. The summed E-state index contributed by atoms with van der Waals surface area (Å²) in [5.41, 5.74) is 1.08. The number of furan rings is 1. The van der Waals surface area contributed by atoms with E-state index in [0.717, 1.165) is 23.6 Å². The number of halogens is 1. The first-order chi connectivity index (χ1) is 13.4. The maximum atomic E-state index is 12.8. The number of carbonyl (C=O) groups is 1. The normalized spacial score (nSPS) is 16.2. The third kappa shape index (κ3) is 4.75. The minimum atomic E-state index is -3.78. The monoisotopic (exact) mass is 426 g/mol. The fraction of sp³-hybridized carbons (Fsp3) is 0.421. The Morgan fingerprint density at radius 3 is 2.54 bits per heavy atom. The van der Waals surface area contributed by atoms with E-state index in [4.69, 9.17) is 20.8 Å². The van der Waals surface area contributed by atoms with Gasteiger partial charge >= 0.3 is 5.97 Å². The largest absolute Gasteiger partial charge is 0.460 e. The van der Waals surface area contributed by atoms with E-state index >= 15 is 0 Å². The molecule has 0 unspecified atom stereocenters. The van der Waals surface area contributed by atoms with Gasteiger partial charge in [0.2, 0.25) is 10.9 Å². The summed E-state index contributed by atoms with van der Waals surface area (Å²) in [7, 11) is -3.78. The molecular weight excluding hydrogens is 404 g/mol. The minimum Gasteiger partial charge on any atom is -0.460 e. The first-order valence-corrected chi connectivity index (χ1v) is 11.0. The van der Waals surface area contributed by atoms with Crippen molar-refractivity contribution in [2.24, 2.45) is 0 Å². The molecule has 28 heavy (non-hydrogen) atoms. The van der Waals surface area contributed by atoms with Crippen LogP contribution in [-0.4, -0.2) is 62.9 Å². The number of esters is 1. The van der Waals surface area contributed by atoms with Crippen LogP contribution in [0.5, 0.6) is 0 Å². The lowest BCUT2D eigenvalue weighted by atomic mass is 10.1. The van der Waals surface area contributed by atoms with E-state index in [9.17, 15) is 13.2 Å². The molecule has 0 radical (unpaired) electrons. The summed E-state index contributed by atoms with van der Waals surface area (Å²) in [6.45, 7) is 4.64. The molecule has 1 fully saturated rings. The average molecular weight is 427 g/mol. The smallest absolute Gasteiger partial charge is 0.374 e. The molecule has 1 aliphatic heterocycles. The van der Waals surface area contributed by atoms with Gasteiger partial charge in [0.15, 0.2) is 0 Å². The van der Waals surface area contributed by atoms with Gasteiger partial charge in [-0.05, 0) is 37.1 Å². The summed E-state index contributed by atoms with van der Waals surface area (Å²) < 4.78 is 37.0. The molecule has 2 aromatic rings. The van der Waals surface area contributed by atoms with Gasteiger partial charge in [-0.15, -0.1) is 0 Å². The van der Waals surface area contributed by atoms with Crippen LogP contribution in [0.1, 0.15) is 23.0 Å². The van der Waals surface area contributed by atoms with Crippen molar-refractivity contribution >= 4 is 27.6 Å². The third-order valence-electron chi connectivity index (χ3n) is 4.64. The van der Waals surface area contributed by atoms with E-state index in [2.05, 4.69) is 4.90 Å². The molecule has 7 nitrogen and oxygen atoms in total. The Bertz CT molecular complexity index is 920. The highest BCUT2D eigenvalue weighted by atomic mass is 35.5. The lowest BCUT2D eigenvalue weighted by molar-refractivity contribution is 0.0483. The van der Waals surface area contributed by atoms with Crippen LogP contribution in [0.25, 0.3) is 0 Å². The molecule has 1 saturated heterocycles. The number of hydrogen-bond donors (Lipinski definition) is 0. The second kappa shape index (κ2) is 9.09. The van der Waals surface area contributed by atoms with Gasteiger partial charge in [-0.2, -0.15) is 4.31 Å². The molecule has 0 saturated carbocycles. The lowest BCUT2D eigenvalue weighted by Gasteiger charge is -2.33. The zero-order valence-corrected chi connectivity index (χ0v) is 17.2. The SMILES string of the molecule is CCOC(=O)c1ccc(S(=O)(=O)N2CCN(CCc3ccccc3Cl)CC2)o1. The van der Waals surface area contributed by atoms with E-state index in [0.29, 0.717) is 26.2 Å². The highest BCUT2D eigenvalue weighted by Gasteiger charge is 2.31. The van der Waals surface area contributed by atoms with Crippen LogP contribution in [0.4, 0.5) is 0 Å². The van der Waals surface area contributed by atoms with Gasteiger partial charge in [-0.3, -0.25) is 0 Å². The van der Waals surface area contributed by atoms with Crippen LogP contribution in [-0.2, 0) is 21.2 Å².